The van der Waals surface area contributed by atoms with Gasteiger partial charge in [0.15, 0.2) is 0 Å². The number of hydrogen-bond acceptors (Lipinski definition) is 2. The summed E-state index contributed by atoms with van der Waals surface area (Å²) in [5, 5.41) is 0. The van der Waals surface area contributed by atoms with E-state index in [1.165, 1.54) is 34.3 Å². The minimum absolute atomic E-state index is 0.148. The number of esters is 1. The molecule has 2 rings (SSSR count). The Kier molecular flexibility index (Phi) is 9.86. The summed E-state index contributed by atoms with van der Waals surface area (Å²) in [4.78, 5) is 11.4. The highest BCUT2D eigenvalue weighted by atomic mass is 16.5. The Hall–Kier alpha value is -2.35. The van der Waals surface area contributed by atoms with Crippen molar-refractivity contribution in [1.29, 1.82) is 0 Å². The molecule has 1 aromatic rings. The minimum atomic E-state index is -0.148. The summed E-state index contributed by atoms with van der Waals surface area (Å²) in [5.41, 5.74) is 8.00. The van der Waals surface area contributed by atoms with Gasteiger partial charge in [0, 0.05) is 5.56 Å². The molecule has 1 aromatic carbocycles. The summed E-state index contributed by atoms with van der Waals surface area (Å²) < 4.78 is 5.25. The van der Waals surface area contributed by atoms with Crippen LogP contribution in [0.2, 0.25) is 0 Å². The lowest BCUT2D eigenvalue weighted by molar-refractivity contribution is -0.131. The second-order valence-corrected chi connectivity index (χ2v) is 8.85. The fourth-order valence-electron chi connectivity index (χ4n) is 3.56. The smallest absolute Gasteiger partial charge is 0.315 e. The first-order chi connectivity index (χ1) is 14.3. The van der Waals surface area contributed by atoms with Gasteiger partial charge in [-0.2, -0.15) is 0 Å². The van der Waals surface area contributed by atoms with E-state index in [4.69, 9.17) is 4.74 Å². The molecule has 0 saturated carbocycles. The van der Waals surface area contributed by atoms with Crippen molar-refractivity contribution in [2.24, 2.45) is 0 Å². The summed E-state index contributed by atoms with van der Waals surface area (Å²) in [5.74, 6) is 0.591. The third-order valence-electron chi connectivity index (χ3n) is 5.53. The Balaban J connectivity index is 1.69. The fraction of sp³-hybridized carbons (Fsp3) is 0.464. The van der Waals surface area contributed by atoms with Crippen LogP contribution in [0.4, 0.5) is 0 Å². The van der Waals surface area contributed by atoms with Crippen LogP contribution in [0.25, 0.3) is 0 Å². The molecular weight excluding hydrogens is 368 g/mol. The summed E-state index contributed by atoms with van der Waals surface area (Å²) in [6.07, 6.45) is 17.5. The van der Waals surface area contributed by atoms with Crippen molar-refractivity contribution in [3.8, 4) is 5.75 Å². The average molecular weight is 407 g/mol. The van der Waals surface area contributed by atoms with Gasteiger partial charge >= 0.3 is 5.97 Å². The van der Waals surface area contributed by atoms with Crippen molar-refractivity contribution >= 4 is 5.97 Å². The lowest BCUT2D eigenvalue weighted by atomic mass is 10.0. The number of ether oxygens (including phenoxy) is 1. The van der Waals surface area contributed by atoms with E-state index in [-0.39, 0.29) is 5.97 Å². The molecule has 0 amide bonds. The number of benzene rings is 1. The molecule has 0 spiro atoms. The highest BCUT2D eigenvalue weighted by molar-refractivity contribution is 5.81. The maximum atomic E-state index is 11.4. The Bertz CT molecular complexity index is 845. The van der Waals surface area contributed by atoms with E-state index in [2.05, 4.69) is 65.0 Å². The van der Waals surface area contributed by atoms with E-state index in [1.54, 1.807) is 0 Å². The molecular formula is C28H38O2. The second-order valence-electron chi connectivity index (χ2n) is 8.85. The van der Waals surface area contributed by atoms with Gasteiger partial charge in [0.05, 0.1) is 6.42 Å². The largest absolute Gasteiger partial charge is 0.426 e. The Morgan fingerprint density at radius 3 is 2.00 bits per heavy atom. The average Bonchev–Trinajstić information content (AvgIpc) is 3.05. The van der Waals surface area contributed by atoms with Gasteiger partial charge in [0.25, 0.3) is 0 Å². The first-order valence-electron chi connectivity index (χ1n) is 11.3. The van der Waals surface area contributed by atoms with E-state index in [0.29, 0.717) is 6.42 Å². The van der Waals surface area contributed by atoms with Crippen LogP contribution in [-0.4, -0.2) is 5.97 Å². The SMILES string of the molecule is CC(C)=CCC/C(C)=C/CC/C(C)=C/CC/C(C)=C/Cc1ccc2c(c1)OC(=O)C2. The molecule has 162 valence electrons. The van der Waals surface area contributed by atoms with Crippen molar-refractivity contribution in [2.75, 3.05) is 0 Å². The van der Waals surface area contributed by atoms with Crippen molar-refractivity contribution in [1.82, 2.24) is 0 Å². The number of hydrogen-bond donors (Lipinski definition) is 0. The summed E-state index contributed by atoms with van der Waals surface area (Å²) >= 11 is 0. The molecule has 30 heavy (non-hydrogen) atoms. The van der Waals surface area contributed by atoms with Crippen LogP contribution in [-0.2, 0) is 17.6 Å². The molecule has 0 saturated heterocycles. The number of carbonyl (C=O) groups excluding carboxylic acids is 1. The van der Waals surface area contributed by atoms with Gasteiger partial charge < -0.3 is 4.74 Å². The molecule has 0 radical (unpaired) electrons. The van der Waals surface area contributed by atoms with Crippen LogP contribution in [0.5, 0.6) is 5.75 Å². The third-order valence-corrected chi connectivity index (χ3v) is 5.53. The predicted molar refractivity (Wildman–Crippen MR) is 128 cm³/mol. The molecule has 1 aliphatic heterocycles. The Morgan fingerprint density at radius 1 is 0.833 bits per heavy atom. The first-order valence-corrected chi connectivity index (χ1v) is 11.3. The van der Waals surface area contributed by atoms with E-state index >= 15 is 0 Å². The Morgan fingerprint density at radius 2 is 1.40 bits per heavy atom. The van der Waals surface area contributed by atoms with Crippen molar-refractivity contribution in [3.05, 3.63) is 75.9 Å². The van der Waals surface area contributed by atoms with Gasteiger partial charge in [-0.15, -0.1) is 0 Å². The molecule has 0 fully saturated rings. The number of rotatable bonds is 11. The van der Waals surface area contributed by atoms with Crippen LogP contribution in [0.1, 0.15) is 84.3 Å². The van der Waals surface area contributed by atoms with E-state index < -0.39 is 0 Å². The number of fused-ring (bicyclic) bond motifs is 1. The van der Waals surface area contributed by atoms with Gasteiger partial charge in [-0.25, -0.2) is 0 Å². The third kappa shape index (κ3) is 8.98. The van der Waals surface area contributed by atoms with Gasteiger partial charge in [0.2, 0.25) is 0 Å². The quantitative estimate of drug-likeness (QED) is 0.212. The van der Waals surface area contributed by atoms with Gasteiger partial charge in [-0.1, -0.05) is 58.7 Å². The van der Waals surface area contributed by atoms with Gasteiger partial charge in [-0.05, 0) is 91.2 Å². The molecule has 0 aliphatic carbocycles. The standard InChI is InChI=1S/C28H38O2/c1-21(2)9-6-10-22(3)11-7-12-23(4)13-8-14-24(5)15-16-25-17-18-26-20-28(29)30-27(26)19-25/h9,11,13,15,17-19H,6-8,10,12,14,16,20H2,1-5H3/b22-11+,23-13+,24-15+. The minimum Gasteiger partial charge on any atom is -0.426 e. The zero-order valence-electron chi connectivity index (χ0n) is 19.5. The normalized spacial score (nSPS) is 14.6. The molecule has 2 nitrogen and oxygen atoms in total. The van der Waals surface area contributed by atoms with Crippen molar-refractivity contribution < 1.29 is 9.53 Å². The van der Waals surface area contributed by atoms with Crippen molar-refractivity contribution in [3.63, 3.8) is 0 Å². The van der Waals surface area contributed by atoms with Crippen LogP contribution >= 0.6 is 0 Å². The highest BCUT2D eigenvalue weighted by Crippen LogP contribution is 2.27. The van der Waals surface area contributed by atoms with E-state index in [1.807, 2.05) is 12.1 Å². The molecule has 0 unspecified atom stereocenters. The molecule has 1 aliphatic rings. The molecule has 1 heterocycles. The zero-order chi connectivity index (χ0) is 21.9. The maximum Gasteiger partial charge on any atom is 0.315 e. The van der Waals surface area contributed by atoms with Crippen LogP contribution in [0.15, 0.2) is 64.8 Å². The zero-order valence-corrected chi connectivity index (χ0v) is 19.5. The number of carbonyl (C=O) groups is 1. The lowest BCUT2D eigenvalue weighted by Gasteiger charge is -2.04. The molecule has 0 bridgehead atoms. The summed E-state index contributed by atoms with van der Waals surface area (Å²) in [7, 11) is 0. The lowest BCUT2D eigenvalue weighted by Crippen LogP contribution is -2.00. The van der Waals surface area contributed by atoms with Crippen molar-refractivity contribution in [2.45, 2.75) is 86.0 Å². The maximum absolute atomic E-state index is 11.4. The molecule has 0 aromatic heterocycles. The number of allylic oxidation sites excluding steroid dienone is 8. The predicted octanol–water partition coefficient (Wildman–Crippen LogP) is 7.84. The van der Waals surface area contributed by atoms with E-state index in [9.17, 15) is 4.79 Å². The highest BCUT2D eigenvalue weighted by Gasteiger charge is 2.19. The van der Waals surface area contributed by atoms with Crippen LogP contribution in [0.3, 0.4) is 0 Å². The Labute approximate surface area is 183 Å². The first kappa shape index (κ1) is 23.9. The van der Waals surface area contributed by atoms with Crippen LogP contribution < -0.4 is 4.74 Å². The monoisotopic (exact) mass is 406 g/mol. The van der Waals surface area contributed by atoms with Gasteiger partial charge in [0.1, 0.15) is 5.75 Å². The summed E-state index contributed by atoms with van der Waals surface area (Å²) in [6, 6.07) is 6.12. The second kappa shape index (κ2) is 12.4. The molecule has 0 N–H and O–H groups in total. The molecule has 0 atom stereocenters. The van der Waals surface area contributed by atoms with Crippen LogP contribution in [0, 0.1) is 0 Å². The molecule has 2 heteroatoms. The summed E-state index contributed by atoms with van der Waals surface area (Å²) in [6.45, 7) is 11.0. The van der Waals surface area contributed by atoms with Gasteiger partial charge in [-0.3, -0.25) is 4.79 Å². The topological polar surface area (TPSA) is 26.3 Å². The fourth-order valence-corrected chi connectivity index (χ4v) is 3.56. The van der Waals surface area contributed by atoms with E-state index in [0.717, 1.165) is 49.8 Å².